The first-order chi connectivity index (χ1) is 24.3. The Balaban J connectivity index is 1.22. The van der Waals surface area contributed by atoms with E-state index in [9.17, 15) is 0 Å². The number of rotatable bonds is 3. The van der Waals surface area contributed by atoms with Gasteiger partial charge in [-0.3, -0.25) is 8.80 Å². The summed E-state index contributed by atoms with van der Waals surface area (Å²) in [6.45, 7) is 0. The van der Waals surface area contributed by atoms with Crippen molar-refractivity contribution < 1.29 is 0 Å². The molecular weight excluding hydrogens is 635 g/mol. The van der Waals surface area contributed by atoms with Crippen molar-refractivity contribution in [3.63, 3.8) is 0 Å². The first kappa shape index (κ1) is 26.1. The van der Waals surface area contributed by atoms with E-state index in [-0.39, 0.29) is 0 Å². The first-order valence-electron chi connectivity index (χ1n) is 16.6. The number of thiophene rings is 2. The summed E-state index contributed by atoms with van der Waals surface area (Å²) in [6, 6.07) is 56.0. The van der Waals surface area contributed by atoms with Gasteiger partial charge < -0.3 is 4.90 Å². The van der Waals surface area contributed by atoms with Gasteiger partial charge in [-0.1, -0.05) is 97.1 Å². The van der Waals surface area contributed by atoms with Gasteiger partial charge in [0.2, 0.25) is 0 Å². The summed E-state index contributed by atoms with van der Waals surface area (Å²) in [7, 11) is 0. The molecule has 0 aliphatic rings. The summed E-state index contributed by atoms with van der Waals surface area (Å²) < 4.78 is 10.2. The second-order valence-corrected chi connectivity index (χ2v) is 15.0. The molecule has 0 aliphatic carbocycles. The minimum absolute atomic E-state index is 1.15. The van der Waals surface area contributed by atoms with Crippen molar-refractivity contribution in [2.45, 2.75) is 0 Å². The third kappa shape index (κ3) is 3.31. The minimum Gasteiger partial charge on any atom is -0.308 e. The smallest absolute Gasteiger partial charge is 0.131 e. The van der Waals surface area contributed by atoms with E-state index in [4.69, 9.17) is 0 Å². The molecule has 0 saturated carbocycles. The van der Waals surface area contributed by atoms with E-state index in [1.807, 2.05) is 22.7 Å². The Hall–Kier alpha value is -5.88. The monoisotopic (exact) mass is 659 g/mol. The Kier molecular flexibility index (Phi) is 5.00. The molecule has 5 heterocycles. The number of anilines is 3. The van der Waals surface area contributed by atoms with E-state index < -0.39 is 0 Å². The maximum Gasteiger partial charge on any atom is 0.131 e. The molecule has 0 bridgehead atoms. The second-order valence-electron chi connectivity index (χ2n) is 12.9. The van der Waals surface area contributed by atoms with Gasteiger partial charge in [0.1, 0.15) is 5.65 Å². The lowest BCUT2D eigenvalue weighted by molar-refractivity contribution is 1.28. The van der Waals surface area contributed by atoms with Gasteiger partial charge in [0.25, 0.3) is 0 Å². The standard InChI is InChI=1S/C44H25N3S2/c1-5-17-33-31(13-1)41-32-14-2-6-18-34(32)47-38-25-26(23-24-35(38)46(33)44(41)47)45(36-19-9-15-29-27-11-3-7-21-39(27)48-42(29)36)37-20-10-16-30-28-12-4-8-22-40(28)49-43(30)37/h1-25H. The number of fused-ring (bicyclic) bond motifs is 15. The number of imidazole rings is 1. The van der Waals surface area contributed by atoms with Crippen LogP contribution in [0.25, 0.3) is 84.2 Å². The van der Waals surface area contributed by atoms with Crippen molar-refractivity contribution in [2.75, 3.05) is 4.90 Å². The van der Waals surface area contributed by atoms with E-state index in [0.29, 0.717) is 0 Å². The highest BCUT2D eigenvalue weighted by Crippen LogP contribution is 2.50. The van der Waals surface area contributed by atoms with Crippen LogP contribution in [0.15, 0.2) is 152 Å². The van der Waals surface area contributed by atoms with Crippen LogP contribution in [0, 0.1) is 0 Å². The van der Waals surface area contributed by atoms with E-state index >= 15 is 0 Å². The summed E-state index contributed by atoms with van der Waals surface area (Å²) in [5.41, 5.74) is 9.72. The highest BCUT2D eigenvalue weighted by atomic mass is 32.1. The maximum absolute atomic E-state index is 2.52. The van der Waals surface area contributed by atoms with Gasteiger partial charge >= 0.3 is 0 Å². The zero-order valence-electron chi connectivity index (χ0n) is 26.1. The topological polar surface area (TPSA) is 12.1 Å². The maximum atomic E-state index is 2.52. The fraction of sp³-hybridized carbons (Fsp3) is 0. The van der Waals surface area contributed by atoms with E-state index in [2.05, 4.69) is 165 Å². The molecule has 5 aromatic heterocycles. The first-order valence-corrected chi connectivity index (χ1v) is 18.2. The molecule has 12 rings (SSSR count). The predicted molar refractivity (Wildman–Crippen MR) is 213 cm³/mol. The van der Waals surface area contributed by atoms with E-state index in [1.165, 1.54) is 95.6 Å². The molecule has 0 atom stereocenters. The van der Waals surface area contributed by atoms with Crippen molar-refractivity contribution in [3.8, 4) is 0 Å². The Morgan fingerprint density at radius 1 is 0.388 bits per heavy atom. The summed E-state index contributed by atoms with van der Waals surface area (Å²) in [4.78, 5) is 2.52. The van der Waals surface area contributed by atoms with Gasteiger partial charge in [-0.25, -0.2) is 0 Å². The van der Waals surface area contributed by atoms with Gasteiger partial charge in [0.15, 0.2) is 0 Å². The van der Waals surface area contributed by atoms with Crippen LogP contribution in [0.3, 0.4) is 0 Å². The lowest BCUT2D eigenvalue weighted by Gasteiger charge is -2.27. The number of hydrogen-bond donors (Lipinski definition) is 0. The quantitative estimate of drug-likeness (QED) is 0.184. The number of benzene rings is 7. The zero-order chi connectivity index (χ0) is 31.8. The highest BCUT2D eigenvalue weighted by molar-refractivity contribution is 7.27. The Morgan fingerprint density at radius 2 is 0.878 bits per heavy atom. The molecule has 0 aliphatic heterocycles. The largest absolute Gasteiger partial charge is 0.308 e. The summed E-state index contributed by atoms with van der Waals surface area (Å²) in [5, 5.41) is 9.14. The molecule has 0 radical (unpaired) electrons. The molecule has 49 heavy (non-hydrogen) atoms. The van der Waals surface area contributed by atoms with E-state index in [0.717, 1.165) is 5.69 Å². The van der Waals surface area contributed by atoms with Crippen LogP contribution in [0.2, 0.25) is 0 Å². The van der Waals surface area contributed by atoms with Gasteiger partial charge in [0.05, 0.1) is 42.8 Å². The van der Waals surface area contributed by atoms with Crippen LogP contribution in [0.4, 0.5) is 17.1 Å². The molecule has 12 aromatic rings. The Labute approximate surface area is 288 Å². The molecule has 0 saturated heterocycles. The summed E-state index contributed by atoms with van der Waals surface area (Å²) in [5.74, 6) is 0. The number of hydrogen-bond acceptors (Lipinski definition) is 3. The summed E-state index contributed by atoms with van der Waals surface area (Å²) >= 11 is 3.77. The van der Waals surface area contributed by atoms with Crippen LogP contribution in [-0.4, -0.2) is 8.80 Å². The predicted octanol–water partition coefficient (Wildman–Crippen LogP) is 13.3. The van der Waals surface area contributed by atoms with Gasteiger partial charge in [0, 0.05) is 52.8 Å². The van der Waals surface area contributed by atoms with Crippen molar-refractivity contribution in [2.24, 2.45) is 0 Å². The fourth-order valence-electron chi connectivity index (χ4n) is 8.43. The average Bonchev–Trinajstić information content (AvgIpc) is 3.95. The van der Waals surface area contributed by atoms with Crippen molar-refractivity contribution in [1.82, 2.24) is 8.80 Å². The van der Waals surface area contributed by atoms with Crippen molar-refractivity contribution in [3.05, 3.63) is 152 Å². The lowest BCUT2D eigenvalue weighted by atomic mass is 10.1. The molecule has 7 aromatic carbocycles. The molecule has 0 unspecified atom stereocenters. The zero-order valence-corrected chi connectivity index (χ0v) is 27.7. The number of para-hydroxylation sites is 2. The molecule has 0 fully saturated rings. The molecule has 228 valence electrons. The lowest BCUT2D eigenvalue weighted by Crippen LogP contribution is -2.10. The van der Waals surface area contributed by atoms with E-state index in [1.54, 1.807) is 0 Å². The van der Waals surface area contributed by atoms with Crippen LogP contribution in [0.1, 0.15) is 0 Å². The van der Waals surface area contributed by atoms with Crippen LogP contribution in [-0.2, 0) is 0 Å². The molecule has 5 heteroatoms. The van der Waals surface area contributed by atoms with Gasteiger partial charge in [-0.2, -0.15) is 0 Å². The summed E-state index contributed by atoms with van der Waals surface area (Å²) in [6.07, 6.45) is 0. The van der Waals surface area contributed by atoms with Crippen molar-refractivity contribution >= 4 is 124 Å². The minimum atomic E-state index is 1.15. The average molecular weight is 660 g/mol. The van der Waals surface area contributed by atoms with Crippen molar-refractivity contribution in [1.29, 1.82) is 0 Å². The Bertz CT molecular complexity index is 3180. The van der Waals surface area contributed by atoms with Crippen LogP contribution < -0.4 is 4.90 Å². The Morgan fingerprint density at radius 3 is 1.47 bits per heavy atom. The highest BCUT2D eigenvalue weighted by Gasteiger charge is 2.25. The van der Waals surface area contributed by atoms with Gasteiger partial charge in [-0.05, 0) is 54.6 Å². The molecule has 0 amide bonds. The number of aromatic nitrogens is 2. The third-order valence-electron chi connectivity index (χ3n) is 10.4. The SMILES string of the molecule is c1ccc2c(c1)sc1c(N(c3ccc4c(c3)n3c5ccccc5c5c6ccccc6n4c53)c3cccc4c3sc3ccccc34)cccc12. The van der Waals surface area contributed by atoms with Crippen LogP contribution >= 0.6 is 22.7 Å². The molecule has 3 nitrogen and oxygen atoms in total. The molecule has 0 spiro atoms. The van der Waals surface area contributed by atoms with Gasteiger partial charge in [-0.15, -0.1) is 22.7 Å². The van der Waals surface area contributed by atoms with Crippen LogP contribution in [0.5, 0.6) is 0 Å². The normalized spacial score (nSPS) is 12.5. The molecule has 0 N–H and O–H groups in total. The molecular formula is C44H25N3S2. The number of nitrogens with zero attached hydrogens (tertiary/aromatic N) is 3. The second kappa shape index (κ2) is 9.38. The fourth-order valence-corrected chi connectivity index (χ4v) is 10.8. The third-order valence-corrected chi connectivity index (χ3v) is 12.8.